The molecule has 1 fully saturated rings. The maximum absolute atomic E-state index is 5.98. The largest absolute Gasteiger partial charge is 0.486 e. The Labute approximate surface area is 114 Å². The van der Waals surface area contributed by atoms with Gasteiger partial charge in [-0.2, -0.15) is 0 Å². The van der Waals surface area contributed by atoms with Gasteiger partial charge in [0.2, 0.25) is 0 Å². The zero-order valence-corrected chi connectivity index (χ0v) is 11.5. The molecule has 3 unspecified atom stereocenters. The molecule has 0 radical (unpaired) electrons. The van der Waals surface area contributed by atoms with Crippen molar-refractivity contribution in [2.45, 2.75) is 38.0 Å². The Hall–Kier alpha value is -1.26. The van der Waals surface area contributed by atoms with Crippen LogP contribution in [0.2, 0.25) is 0 Å². The van der Waals surface area contributed by atoms with Gasteiger partial charge in [0.15, 0.2) is 11.5 Å². The standard InChI is InChI=1S/C15H21NO3/c1-10-3-5-13(19-10)15(16-2)11-4-6-12-14(9-11)18-8-7-17-12/h4,6,9-10,13,15-16H,3,5,7-8H2,1-2H3. The third kappa shape index (κ3) is 2.55. The van der Waals surface area contributed by atoms with Crippen LogP contribution >= 0.6 is 0 Å². The van der Waals surface area contributed by atoms with Crippen molar-refractivity contribution in [2.24, 2.45) is 0 Å². The van der Waals surface area contributed by atoms with Crippen molar-refractivity contribution in [3.63, 3.8) is 0 Å². The normalized spacial score (nSPS) is 27.3. The van der Waals surface area contributed by atoms with Gasteiger partial charge in [-0.05, 0) is 44.5 Å². The first kappa shape index (κ1) is 12.8. The van der Waals surface area contributed by atoms with Crippen LogP contribution in [0.3, 0.4) is 0 Å². The number of fused-ring (bicyclic) bond motifs is 1. The summed E-state index contributed by atoms with van der Waals surface area (Å²) in [4.78, 5) is 0. The van der Waals surface area contributed by atoms with Crippen LogP contribution in [0.15, 0.2) is 18.2 Å². The van der Waals surface area contributed by atoms with Crippen molar-refractivity contribution in [2.75, 3.05) is 20.3 Å². The molecule has 19 heavy (non-hydrogen) atoms. The summed E-state index contributed by atoms with van der Waals surface area (Å²) >= 11 is 0. The zero-order chi connectivity index (χ0) is 13.2. The fourth-order valence-corrected chi connectivity index (χ4v) is 2.90. The molecular formula is C15H21NO3. The SMILES string of the molecule is CNC(c1ccc2c(c1)OCCO2)C1CCC(C)O1. The van der Waals surface area contributed by atoms with E-state index in [1.807, 2.05) is 13.1 Å². The lowest BCUT2D eigenvalue weighted by Crippen LogP contribution is -2.29. The van der Waals surface area contributed by atoms with Crippen LogP contribution in [0.25, 0.3) is 0 Å². The molecule has 2 aliphatic rings. The van der Waals surface area contributed by atoms with E-state index in [1.165, 1.54) is 5.56 Å². The zero-order valence-electron chi connectivity index (χ0n) is 11.5. The number of nitrogens with one attached hydrogen (secondary N) is 1. The lowest BCUT2D eigenvalue weighted by atomic mass is 9.98. The van der Waals surface area contributed by atoms with Gasteiger partial charge < -0.3 is 19.5 Å². The van der Waals surface area contributed by atoms with Gasteiger partial charge in [0.1, 0.15) is 13.2 Å². The molecule has 0 spiro atoms. The van der Waals surface area contributed by atoms with Crippen LogP contribution in [-0.2, 0) is 4.74 Å². The molecule has 0 bridgehead atoms. The average molecular weight is 263 g/mol. The van der Waals surface area contributed by atoms with E-state index in [4.69, 9.17) is 14.2 Å². The molecule has 0 amide bonds. The molecule has 3 rings (SSSR count). The molecule has 4 heteroatoms. The number of benzene rings is 1. The second-order valence-electron chi connectivity index (χ2n) is 5.23. The fraction of sp³-hybridized carbons (Fsp3) is 0.600. The van der Waals surface area contributed by atoms with Gasteiger partial charge in [-0.3, -0.25) is 0 Å². The van der Waals surface area contributed by atoms with Crippen molar-refractivity contribution in [1.82, 2.24) is 5.32 Å². The highest BCUT2D eigenvalue weighted by atomic mass is 16.6. The Balaban J connectivity index is 1.83. The summed E-state index contributed by atoms with van der Waals surface area (Å²) in [6, 6.07) is 6.37. The fourth-order valence-electron chi connectivity index (χ4n) is 2.90. The summed E-state index contributed by atoms with van der Waals surface area (Å²) in [7, 11) is 1.98. The Kier molecular flexibility index (Phi) is 3.62. The molecule has 1 aromatic carbocycles. The van der Waals surface area contributed by atoms with Crippen LogP contribution in [0.5, 0.6) is 11.5 Å². The molecule has 104 valence electrons. The van der Waals surface area contributed by atoms with Gasteiger partial charge in [-0.25, -0.2) is 0 Å². The lowest BCUT2D eigenvalue weighted by molar-refractivity contribution is 0.0332. The molecule has 0 aliphatic carbocycles. The lowest BCUT2D eigenvalue weighted by Gasteiger charge is -2.25. The third-order valence-electron chi connectivity index (χ3n) is 3.87. The average Bonchev–Trinajstić information content (AvgIpc) is 2.86. The maximum Gasteiger partial charge on any atom is 0.161 e. The first-order valence-electron chi connectivity index (χ1n) is 7.00. The number of hydrogen-bond acceptors (Lipinski definition) is 4. The van der Waals surface area contributed by atoms with Crippen molar-refractivity contribution >= 4 is 0 Å². The minimum absolute atomic E-state index is 0.209. The van der Waals surface area contributed by atoms with Crippen molar-refractivity contribution in [1.29, 1.82) is 0 Å². The Morgan fingerprint density at radius 2 is 1.95 bits per heavy atom. The Morgan fingerprint density at radius 1 is 1.16 bits per heavy atom. The predicted molar refractivity (Wildman–Crippen MR) is 72.8 cm³/mol. The van der Waals surface area contributed by atoms with Crippen molar-refractivity contribution in [3.05, 3.63) is 23.8 Å². The highest BCUT2D eigenvalue weighted by molar-refractivity contribution is 5.45. The second kappa shape index (κ2) is 5.39. The quantitative estimate of drug-likeness (QED) is 0.908. The van der Waals surface area contributed by atoms with Crippen LogP contribution < -0.4 is 14.8 Å². The van der Waals surface area contributed by atoms with Gasteiger partial charge >= 0.3 is 0 Å². The molecule has 3 atom stereocenters. The summed E-state index contributed by atoms with van der Waals surface area (Å²) in [6.45, 7) is 3.39. The van der Waals surface area contributed by atoms with Gasteiger partial charge in [-0.15, -0.1) is 0 Å². The van der Waals surface area contributed by atoms with E-state index in [9.17, 15) is 0 Å². The summed E-state index contributed by atoms with van der Waals surface area (Å²) in [5, 5.41) is 3.37. The molecule has 2 heterocycles. The van der Waals surface area contributed by atoms with Gasteiger partial charge in [0.25, 0.3) is 0 Å². The van der Waals surface area contributed by atoms with E-state index < -0.39 is 0 Å². The van der Waals surface area contributed by atoms with Crippen LogP contribution in [0.4, 0.5) is 0 Å². The second-order valence-corrected chi connectivity index (χ2v) is 5.23. The first-order valence-corrected chi connectivity index (χ1v) is 7.00. The van der Waals surface area contributed by atoms with Crippen molar-refractivity contribution < 1.29 is 14.2 Å². The highest BCUT2D eigenvalue weighted by Gasteiger charge is 2.30. The molecule has 0 saturated carbocycles. The topological polar surface area (TPSA) is 39.7 Å². The van der Waals surface area contributed by atoms with Crippen LogP contribution in [0, 0.1) is 0 Å². The summed E-state index contributed by atoms with van der Waals surface area (Å²) in [6.07, 6.45) is 2.83. The van der Waals surface area contributed by atoms with Crippen LogP contribution in [-0.4, -0.2) is 32.5 Å². The first-order chi connectivity index (χ1) is 9.28. The van der Waals surface area contributed by atoms with E-state index in [-0.39, 0.29) is 12.1 Å². The van der Waals surface area contributed by atoms with E-state index in [0.29, 0.717) is 19.3 Å². The third-order valence-corrected chi connectivity index (χ3v) is 3.87. The Bertz CT molecular complexity index is 449. The molecule has 2 aliphatic heterocycles. The Morgan fingerprint density at radius 3 is 2.63 bits per heavy atom. The van der Waals surface area contributed by atoms with E-state index >= 15 is 0 Å². The smallest absolute Gasteiger partial charge is 0.161 e. The van der Waals surface area contributed by atoms with E-state index in [1.54, 1.807) is 0 Å². The molecule has 1 aromatic rings. The van der Waals surface area contributed by atoms with E-state index in [0.717, 1.165) is 24.3 Å². The van der Waals surface area contributed by atoms with Crippen LogP contribution in [0.1, 0.15) is 31.4 Å². The molecule has 0 aromatic heterocycles. The number of rotatable bonds is 3. The molecular weight excluding hydrogens is 242 g/mol. The van der Waals surface area contributed by atoms with Crippen molar-refractivity contribution in [3.8, 4) is 11.5 Å². The molecule has 1 saturated heterocycles. The van der Waals surface area contributed by atoms with E-state index in [2.05, 4.69) is 24.4 Å². The minimum Gasteiger partial charge on any atom is -0.486 e. The minimum atomic E-state index is 0.209. The number of ether oxygens (including phenoxy) is 3. The van der Waals surface area contributed by atoms with Gasteiger partial charge in [0, 0.05) is 0 Å². The number of hydrogen-bond donors (Lipinski definition) is 1. The maximum atomic E-state index is 5.98. The monoisotopic (exact) mass is 263 g/mol. The van der Waals surface area contributed by atoms with Gasteiger partial charge in [0.05, 0.1) is 18.2 Å². The highest BCUT2D eigenvalue weighted by Crippen LogP contribution is 2.36. The summed E-state index contributed by atoms with van der Waals surface area (Å²) in [5.74, 6) is 1.68. The predicted octanol–water partition coefficient (Wildman–Crippen LogP) is 2.29. The van der Waals surface area contributed by atoms with Gasteiger partial charge in [-0.1, -0.05) is 6.07 Å². The molecule has 1 N–H and O–H groups in total. The summed E-state index contributed by atoms with van der Waals surface area (Å²) in [5.41, 5.74) is 1.20. The summed E-state index contributed by atoms with van der Waals surface area (Å²) < 4.78 is 17.2. The number of likely N-dealkylation sites (N-methyl/N-ethyl adjacent to an activating group) is 1. The molecule has 4 nitrogen and oxygen atoms in total.